The van der Waals surface area contributed by atoms with E-state index in [0.717, 1.165) is 25.5 Å². The van der Waals surface area contributed by atoms with E-state index in [1.165, 1.54) is 6.07 Å². The van der Waals surface area contributed by atoms with Gasteiger partial charge in [-0.15, -0.1) is 5.10 Å². The van der Waals surface area contributed by atoms with Crippen molar-refractivity contribution >= 4 is 0 Å². The minimum atomic E-state index is -2.89. The second-order valence-corrected chi connectivity index (χ2v) is 3.05. The van der Waals surface area contributed by atoms with Gasteiger partial charge in [-0.05, 0) is 18.6 Å². The van der Waals surface area contributed by atoms with Crippen LogP contribution in [0.15, 0.2) is 12.1 Å². The van der Waals surface area contributed by atoms with Crippen molar-refractivity contribution in [2.75, 3.05) is 0 Å². The maximum absolute atomic E-state index is 12.7. The monoisotopic (exact) mass is 186 g/mol. The second kappa shape index (κ2) is 3.77. The van der Waals surface area contributed by atoms with E-state index in [9.17, 15) is 8.78 Å². The Kier molecular flexibility index (Phi) is 2.90. The third kappa shape index (κ3) is 2.72. The first-order chi connectivity index (χ1) is 6.04. The van der Waals surface area contributed by atoms with E-state index in [0.29, 0.717) is 0 Å². The van der Waals surface area contributed by atoms with Crippen molar-refractivity contribution < 1.29 is 8.78 Å². The number of aromatic nitrogens is 2. The Balaban J connectivity index is 2.81. The van der Waals surface area contributed by atoms with Crippen LogP contribution < -0.4 is 0 Å². The zero-order chi connectivity index (χ0) is 9.90. The summed E-state index contributed by atoms with van der Waals surface area (Å²) in [4.78, 5) is 0. The number of alkyl halides is 2. The minimum Gasteiger partial charge on any atom is -0.200 e. The Morgan fingerprint density at radius 2 is 2.00 bits per heavy atom. The first-order valence-electron chi connectivity index (χ1n) is 4.25. The van der Waals surface area contributed by atoms with Crippen LogP contribution in [0.4, 0.5) is 8.78 Å². The summed E-state index contributed by atoms with van der Waals surface area (Å²) in [6, 6.07) is 2.93. The average molecular weight is 186 g/mol. The third-order valence-corrected chi connectivity index (χ3v) is 1.68. The Labute approximate surface area is 76.0 Å². The molecule has 0 aliphatic carbocycles. The van der Waals surface area contributed by atoms with Crippen molar-refractivity contribution in [3.8, 4) is 0 Å². The van der Waals surface area contributed by atoms with Crippen molar-refractivity contribution in [1.82, 2.24) is 10.2 Å². The van der Waals surface area contributed by atoms with Gasteiger partial charge in [-0.2, -0.15) is 13.9 Å². The van der Waals surface area contributed by atoms with Crippen LogP contribution in [0.2, 0.25) is 0 Å². The standard InChI is InChI=1S/C9H12F2N2/c1-3-4-7-5-6-8(13-12-7)9(2,10)11/h5-6H,3-4H2,1-2H3. The number of hydrogen-bond donors (Lipinski definition) is 0. The number of rotatable bonds is 3. The van der Waals surface area contributed by atoms with Crippen LogP contribution in [0, 0.1) is 0 Å². The molecule has 0 amide bonds. The molecule has 0 saturated heterocycles. The van der Waals surface area contributed by atoms with Gasteiger partial charge in [-0.25, -0.2) is 0 Å². The topological polar surface area (TPSA) is 25.8 Å². The van der Waals surface area contributed by atoms with Gasteiger partial charge in [0.15, 0.2) is 0 Å². The van der Waals surface area contributed by atoms with Crippen LogP contribution in [0.3, 0.4) is 0 Å². The van der Waals surface area contributed by atoms with E-state index in [-0.39, 0.29) is 5.69 Å². The van der Waals surface area contributed by atoms with Gasteiger partial charge in [0.2, 0.25) is 0 Å². The summed E-state index contributed by atoms with van der Waals surface area (Å²) in [7, 11) is 0. The molecule has 72 valence electrons. The van der Waals surface area contributed by atoms with E-state index in [1.807, 2.05) is 6.92 Å². The molecule has 0 N–H and O–H groups in total. The molecule has 1 aromatic heterocycles. The molecule has 13 heavy (non-hydrogen) atoms. The summed E-state index contributed by atoms with van der Waals surface area (Å²) in [6.45, 7) is 2.82. The molecular formula is C9H12F2N2. The van der Waals surface area contributed by atoms with Gasteiger partial charge in [0, 0.05) is 6.92 Å². The normalized spacial score (nSPS) is 11.7. The van der Waals surface area contributed by atoms with Gasteiger partial charge in [-0.1, -0.05) is 13.3 Å². The molecule has 0 saturated carbocycles. The molecule has 0 spiro atoms. The molecule has 0 bridgehead atoms. The molecule has 0 unspecified atom stereocenters. The van der Waals surface area contributed by atoms with E-state index >= 15 is 0 Å². The first-order valence-corrected chi connectivity index (χ1v) is 4.25. The predicted octanol–water partition coefficient (Wildman–Crippen LogP) is 2.54. The predicted molar refractivity (Wildman–Crippen MR) is 45.6 cm³/mol. The van der Waals surface area contributed by atoms with Crippen LogP contribution >= 0.6 is 0 Å². The molecule has 0 atom stereocenters. The molecule has 0 fully saturated rings. The quantitative estimate of drug-likeness (QED) is 0.724. The highest BCUT2D eigenvalue weighted by atomic mass is 19.3. The van der Waals surface area contributed by atoms with Crippen molar-refractivity contribution in [3.05, 3.63) is 23.5 Å². The van der Waals surface area contributed by atoms with Gasteiger partial charge >= 0.3 is 0 Å². The molecule has 1 rings (SSSR count). The summed E-state index contributed by atoms with van der Waals surface area (Å²) in [5.74, 6) is -2.89. The number of nitrogens with zero attached hydrogens (tertiary/aromatic N) is 2. The minimum absolute atomic E-state index is 0.271. The highest BCUT2D eigenvalue weighted by Gasteiger charge is 2.26. The molecule has 1 aromatic rings. The summed E-state index contributed by atoms with van der Waals surface area (Å²) in [5, 5.41) is 7.17. The van der Waals surface area contributed by atoms with Crippen LogP contribution in [0.25, 0.3) is 0 Å². The first kappa shape index (κ1) is 10.0. The Bertz CT molecular complexity index is 264. The smallest absolute Gasteiger partial charge is 0.200 e. The van der Waals surface area contributed by atoms with Gasteiger partial charge < -0.3 is 0 Å². The van der Waals surface area contributed by atoms with Crippen molar-refractivity contribution in [2.45, 2.75) is 32.6 Å². The fourth-order valence-electron chi connectivity index (χ4n) is 0.983. The molecule has 0 aliphatic rings. The summed E-state index contributed by atoms with van der Waals surface area (Å²) in [6.07, 6.45) is 1.72. The van der Waals surface area contributed by atoms with Gasteiger partial charge in [-0.3, -0.25) is 0 Å². The lowest BCUT2D eigenvalue weighted by atomic mass is 10.2. The Hall–Kier alpha value is -1.06. The highest BCUT2D eigenvalue weighted by Crippen LogP contribution is 2.23. The van der Waals surface area contributed by atoms with Crippen LogP contribution in [-0.4, -0.2) is 10.2 Å². The molecule has 0 aliphatic heterocycles. The molecule has 2 nitrogen and oxygen atoms in total. The summed E-state index contributed by atoms with van der Waals surface area (Å²) >= 11 is 0. The fraction of sp³-hybridized carbons (Fsp3) is 0.556. The van der Waals surface area contributed by atoms with Crippen LogP contribution in [0.5, 0.6) is 0 Å². The molecule has 1 heterocycles. The lowest BCUT2D eigenvalue weighted by Crippen LogP contribution is -2.11. The molecule has 4 heteroatoms. The SMILES string of the molecule is CCCc1ccc(C(C)(F)F)nn1. The maximum atomic E-state index is 12.7. The molecule has 0 aromatic carbocycles. The van der Waals surface area contributed by atoms with E-state index in [4.69, 9.17) is 0 Å². The van der Waals surface area contributed by atoms with Crippen molar-refractivity contribution in [3.63, 3.8) is 0 Å². The van der Waals surface area contributed by atoms with Crippen molar-refractivity contribution in [2.24, 2.45) is 0 Å². The third-order valence-electron chi connectivity index (χ3n) is 1.68. The van der Waals surface area contributed by atoms with Gasteiger partial charge in [0.25, 0.3) is 5.92 Å². The number of aryl methyl sites for hydroxylation is 1. The Morgan fingerprint density at radius 1 is 1.31 bits per heavy atom. The Morgan fingerprint density at radius 3 is 2.38 bits per heavy atom. The second-order valence-electron chi connectivity index (χ2n) is 3.05. The zero-order valence-corrected chi connectivity index (χ0v) is 7.72. The lowest BCUT2D eigenvalue weighted by molar-refractivity contribution is 0.0117. The average Bonchev–Trinajstić information content (AvgIpc) is 2.04. The van der Waals surface area contributed by atoms with Crippen LogP contribution in [0.1, 0.15) is 31.7 Å². The molecular weight excluding hydrogens is 174 g/mol. The summed E-state index contributed by atoms with van der Waals surface area (Å²) < 4.78 is 25.3. The van der Waals surface area contributed by atoms with Crippen molar-refractivity contribution in [1.29, 1.82) is 0 Å². The van der Waals surface area contributed by atoms with E-state index in [1.54, 1.807) is 6.07 Å². The number of hydrogen-bond acceptors (Lipinski definition) is 2. The fourth-order valence-corrected chi connectivity index (χ4v) is 0.983. The molecule has 0 radical (unpaired) electrons. The van der Waals surface area contributed by atoms with Gasteiger partial charge in [0.05, 0.1) is 5.69 Å². The number of halogens is 2. The summed E-state index contributed by atoms with van der Waals surface area (Å²) in [5.41, 5.74) is 0.489. The van der Waals surface area contributed by atoms with Gasteiger partial charge in [0.1, 0.15) is 5.69 Å². The zero-order valence-electron chi connectivity index (χ0n) is 7.72. The lowest BCUT2D eigenvalue weighted by Gasteiger charge is -2.08. The van der Waals surface area contributed by atoms with E-state index < -0.39 is 5.92 Å². The van der Waals surface area contributed by atoms with Crippen LogP contribution in [-0.2, 0) is 12.3 Å². The maximum Gasteiger partial charge on any atom is 0.288 e. The largest absolute Gasteiger partial charge is 0.288 e. The highest BCUT2D eigenvalue weighted by molar-refractivity contribution is 5.10. The van der Waals surface area contributed by atoms with E-state index in [2.05, 4.69) is 10.2 Å².